The molecule has 0 amide bonds. The summed E-state index contributed by atoms with van der Waals surface area (Å²) in [5.74, 6) is 0.947. The van der Waals surface area contributed by atoms with Gasteiger partial charge in [0.15, 0.2) is 11.5 Å². The molecule has 2 aromatic carbocycles. The van der Waals surface area contributed by atoms with E-state index in [1.165, 1.54) is 6.33 Å². The molecular formula is C18H18ClN3O4. The molecule has 3 aromatic rings. The number of carboxylic acid groups (broad SMARTS) is 1. The second-order valence-electron chi connectivity index (χ2n) is 5.34. The second kappa shape index (κ2) is 8.35. The van der Waals surface area contributed by atoms with E-state index in [4.69, 9.17) is 14.6 Å². The monoisotopic (exact) mass is 375 g/mol. The minimum atomic E-state index is -0.858. The molecule has 0 aliphatic carbocycles. The SMILES string of the molecule is COc1cc2ncnc(Nc3ccc(CC(=O)O)cc3)c2cc1OC.Cl. The van der Waals surface area contributed by atoms with Crippen LogP contribution in [0.3, 0.4) is 0 Å². The van der Waals surface area contributed by atoms with Crippen molar-refractivity contribution in [2.75, 3.05) is 19.5 Å². The molecule has 1 aromatic heterocycles. The van der Waals surface area contributed by atoms with Gasteiger partial charge < -0.3 is 19.9 Å². The van der Waals surface area contributed by atoms with E-state index in [0.29, 0.717) is 17.3 Å². The third kappa shape index (κ3) is 4.12. The number of nitrogens with one attached hydrogen (secondary N) is 1. The lowest BCUT2D eigenvalue weighted by molar-refractivity contribution is -0.136. The number of nitrogens with zero attached hydrogens (tertiary/aromatic N) is 2. The van der Waals surface area contributed by atoms with Gasteiger partial charge in [-0.25, -0.2) is 9.97 Å². The van der Waals surface area contributed by atoms with Gasteiger partial charge in [-0.05, 0) is 23.8 Å². The van der Waals surface area contributed by atoms with Crippen LogP contribution < -0.4 is 14.8 Å². The zero-order chi connectivity index (χ0) is 17.8. The number of aliphatic carboxylic acids is 1. The third-order valence-corrected chi connectivity index (χ3v) is 3.71. The van der Waals surface area contributed by atoms with Crippen LogP contribution in [-0.2, 0) is 11.2 Å². The van der Waals surface area contributed by atoms with Crippen molar-refractivity contribution >= 4 is 40.8 Å². The van der Waals surface area contributed by atoms with Crippen LogP contribution in [0.4, 0.5) is 11.5 Å². The van der Waals surface area contributed by atoms with Gasteiger partial charge >= 0.3 is 5.97 Å². The number of anilines is 2. The van der Waals surface area contributed by atoms with Crippen LogP contribution in [0.1, 0.15) is 5.56 Å². The highest BCUT2D eigenvalue weighted by molar-refractivity contribution is 5.93. The third-order valence-electron chi connectivity index (χ3n) is 3.71. The zero-order valence-electron chi connectivity index (χ0n) is 14.2. The van der Waals surface area contributed by atoms with Crippen LogP contribution in [0.5, 0.6) is 11.5 Å². The molecule has 0 aliphatic rings. The van der Waals surface area contributed by atoms with Crippen molar-refractivity contribution in [2.24, 2.45) is 0 Å². The van der Waals surface area contributed by atoms with Gasteiger partial charge in [-0.3, -0.25) is 4.79 Å². The number of hydrogen-bond donors (Lipinski definition) is 2. The Balaban J connectivity index is 0.00000243. The number of fused-ring (bicyclic) bond motifs is 1. The fourth-order valence-electron chi connectivity index (χ4n) is 2.50. The molecule has 0 atom stereocenters. The quantitative estimate of drug-likeness (QED) is 0.681. The van der Waals surface area contributed by atoms with Crippen molar-refractivity contribution in [1.29, 1.82) is 0 Å². The lowest BCUT2D eigenvalue weighted by atomic mass is 10.1. The van der Waals surface area contributed by atoms with Crippen LogP contribution in [0, 0.1) is 0 Å². The van der Waals surface area contributed by atoms with Crippen molar-refractivity contribution in [1.82, 2.24) is 9.97 Å². The molecule has 136 valence electrons. The van der Waals surface area contributed by atoms with Gasteiger partial charge in [0.1, 0.15) is 12.1 Å². The van der Waals surface area contributed by atoms with E-state index < -0.39 is 5.97 Å². The smallest absolute Gasteiger partial charge is 0.307 e. The maximum atomic E-state index is 10.7. The van der Waals surface area contributed by atoms with Crippen LogP contribution >= 0.6 is 12.4 Å². The summed E-state index contributed by atoms with van der Waals surface area (Å²) >= 11 is 0. The van der Waals surface area contributed by atoms with Gasteiger partial charge in [-0.2, -0.15) is 0 Å². The predicted molar refractivity (Wildman–Crippen MR) is 101 cm³/mol. The molecule has 0 saturated heterocycles. The van der Waals surface area contributed by atoms with Crippen molar-refractivity contribution in [3.8, 4) is 11.5 Å². The Labute approximate surface area is 156 Å². The van der Waals surface area contributed by atoms with Crippen molar-refractivity contribution in [3.05, 3.63) is 48.3 Å². The maximum Gasteiger partial charge on any atom is 0.307 e. The van der Waals surface area contributed by atoms with Crippen molar-refractivity contribution in [2.45, 2.75) is 6.42 Å². The first-order valence-corrected chi connectivity index (χ1v) is 7.55. The van der Waals surface area contributed by atoms with E-state index in [1.807, 2.05) is 18.2 Å². The summed E-state index contributed by atoms with van der Waals surface area (Å²) in [5, 5.41) is 12.8. The van der Waals surface area contributed by atoms with Crippen LogP contribution in [0.15, 0.2) is 42.7 Å². The zero-order valence-corrected chi connectivity index (χ0v) is 15.0. The number of carbonyl (C=O) groups is 1. The van der Waals surface area contributed by atoms with Gasteiger partial charge in [0.05, 0.1) is 26.2 Å². The second-order valence-corrected chi connectivity index (χ2v) is 5.34. The fourth-order valence-corrected chi connectivity index (χ4v) is 2.50. The summed E-state index contributed by atoms with van der Waals surface area (Å²) in [4.78, 5) is 19.3. The van der Waals surface area contributed by atoms with Crippen LogP contribution in [-0.4, -0.2) is 35.3 Å². The van der Waals surface area contributed by atoms with Crippen molar-refractivity contribution < 1.29 is 19.4 Å². The van der Waals surface area contributed by atoms with Crippen LogP contribution in [0.2, 0.25) is 0 Å². The predicted octanol–water partition coefficient (Wildman–Crippen LogP) is 3.44. The highest BCUT2D eigenvalue weighted by atomic mass is 35.5. The largest absolute Gasteiger partial charge is 0.493 e. The molecular weight excluding hydrogens is 358 g/mol. The summed E-state index contributed by atoms with van der Waals surface area (Å²) in [5.41, 5.74) is 2.25. The molecule has 3 rings (SSSR count). The number of halogens is 1. The molecule has 0 bridgehead atoms. The minimum Gasteiger partial charge on any atom is -0.493 e. The summed E-state index contributed by atoms with van der Waals surface area (Å²) in [6, 6.07) is 10.8. The summed E-state index contributed by atoms with van der Waals surface area (Å²) in [6.45, 7) is 0. The van der Waals surface area contributed by atoms with E-state index in [0.717, 1.165) is 22.2 Å². The maximum absolute atomic E-state index is 10.7. The molecule has 2 N–H and O–H groups in total. The first-order chi connectivity index (χ1) is 12.1. The number of methoxy groups -OCH3 is 2. The van der Waals surface area contributed by atoms with E-state index in [-0.39, 0.29) is 18.8 Å². The minimum absolute atomic E-state index is 0. The number of aromatic nitrogens is 2. The Bertz CT molecular complexity index is 916. The standard InChI is InChI=1S/C18H17N3O4.ClH/c1-24-15-8-13-14(9-16(15)25-2)19-10-20-18(13)21-12-5-3-11(4-6-12)7-17(22)23;/h3-6,8-10H,7H2,1-2H3,(H,22,23)(H,19,20,21);1H. The van der Waals surface area contributed by atoms with Gasteiger partial charge in [0.25, 0.3) is 0 Å². The van der Waals surface area contributed by atoms with E-state index in [1.54, 1.807) is 32.4 Å². The first kappa shape index (κ1) is 19.3. The van der Waals surface area contributed by atoms with E-state index >= 15 is 0 Å². The summed E-state index contributed by atoms with van der Waals surface area (Å²) in [6.07, 6.45) is 1.46. The summed E-state index contributed by atoms with van der Waals surface area (Å²) < 4.78 is 10.6. The molecule has 7 nitrogen and oxygen atoms in total. The molecule has 0 radical (unpaired) electrons. The fraction of sp³-hybridized carbons (Fsp3) is 0.167. The highest BCUT2D eigenvalue weighted by Gasteiger charge is 2.11. The Hall–Kier alpha value is -3.06. The number of hydrogen-bond acceptors (Lipinski definition) is 6. The average molecular weight is 376 g/mol. The molecule has 0 aliphatic heterocycles. The van der Waals surface area contributed by atoms with Gasteiger partial charge in [0.2, 0.25) is 0 Å². The molecule has 8 heteroatoms. The number of ether oxygens (including phenoxy) is 2. The average Bonchev–Trinajstić information content (AvgIpc) is 2.62. The van der Waals surface area contributed by atoms with E-state index in [2.05, 4.69) is 15.3 Å². The van der Waals surface area contributed by atoms with Gasteiger partial charge in [-0.1, -0.05) is 12.1 Å². The van der Waals surface area contributed by atoms with E-state index in [9.17, 15) is 4.79 Å². The van der Waals surface area contributed by atoms with Crippen LogP contribution in [0.25, 0.3) is 10.9 Å². The Morgan fingerprint density at radius 2 is 1.73 bits per heavy atom. The number of carboxylic acids is 1. The van der Waals surface area contributed by atoms with Crippen molar-refractivity contribution in [3.63, 3.8) is 0 Å². The molecule has 1 heterocycles. The van der Waals surface area contributed by atoms with Gasteiger partial charge in [-0.15, -0.1) is 12.4 Å². The topological polar surface area (TPSA) is 93.6 Å². The number of rotatable bonds is 6. The molecule has 0 unspecified atom stereocenters. The van der Waals surface area contributed by atoms with Gasteiger partial charge in [0, 0.05) is 17.1 Å². The number of benzene rings is 2. The molecule has 0 saturated carbocycles. The lowest BCUT2D eigenvalue weighted by Gasteiger charge is -2.12. The Kier molecular flexibility index (Phi) is 6.19. The Morgan fingerprint density at radius 3 is 2.35 bits per heavy atom. The highest BCUT2D eigenvalue weighted by Crippen LogP contribution is 2.34. The molecule has 0 spiro atoms. The summed E-state index contributed by atoms with van der Waals surface area (Å²) in [7, 11) is 3.14. The molecule has 26 heavy (non-hydrogen) atoms. The lowest BCUT2D eigenvalue weighted by Crippen LogP contribution is -2.00. The molecule has 0 fully saturated rings. The normalized spacial score (nSPS) is 10.1. The Morgan fingerprint density at radius 1 is 1.08 bits per heavy atom. The first-order valence-electron chi connectivity index (χ1n) is 7.55.